The summed E-state index contributed by atoms with van der Waals surface area (Å²) in [5.41, 5.74) is 1.94. The first-order chi connectivity index (χ1) is 10.8. The molecule has 3 atom stereocenters. The molecule has 114 valence electrons. The summed E-state index contributed by atoms with van der Waals surface area (Å²) in [6.45, 7) is 0.786. The van der Waals surface area contributed by atoms with E-state index in [2.05, 4.69) is 10.3 Å². The summed E-state index contributed by atoms with van der Waals surface area (Å²) in [5, 5.41) is 3.24. The fourth-order valence-corrected chi connectivity index (χ4v) is 4.03. The van der Waals surface area contributed by atoms with E-state index in [1.54, 1.807) is 12.5 Å². The van der Waals surface area contributed by atoms with E-state index < -0.39 is 0 Å². The molecular formula is C18H21N3O. The molecule has 22 heavy (non-hydrogen) atoms. The lowest BCUT2D eigenvalue weighted by molar-refractivity contribution is 0.0923. The van der Waals surface area contributed by atoms with Crippen LogP contribution in [-0.4, -0.2) is 21.5 Å². The minimum Gasteiger partial charge on any atom is -0.349 e. The zero-order valence-corrected chi connectivity index (χ0v) is 12.6. The van der Waals surface area contributed by atoms with E-state index in [0.29, 0.717) is 6.04 Å². The van der Waals surface area contributed by atoms with Gasteiger partial charge in [-0.1, -0.05) is 18.6 Å². The molecule has 1 aromatic carbocycles. The molecule has 1 N–H and O–H groups in total. The number of amides is 1. The molecule has 0 saturated heterocycles. The summed E-state index contributed by atoms with van der Waals surface area (Å²) >= 11 is 0. The summed E-state index contributed by atoms with van der Waals surface area (Å²) in [7, 11) is 0. The van der Waals surface area contributed by atoms with Crippen molar-refractivity contribution < 1.29 is 4.79 Å². The van der Waals surface area contributed by atoms with E-state index >= 15 is 0 Å². The lowest BCUT2D eigenvalue weighted by Gasteiger charge is -2.22. The van der Waals surface area contributed by atoms with Crippen molar-refractivity contribution in [2.24, 2.45) is 11.8 Å². The van der Waals surface area contributed by atoms with Crippen LogP contribution >= 0.6 is 0 Å². The zero-order chi connectivity index (χ0) is 14.9. The Hall–Kier alpha value is -2.10. The molecule has 2 fully saturated rings. The van der Waals surface area contributed by atoms with E-state index in [4.69, 9.17) is 0 Å². The number of nitrogens with zero attached hydrogens (tertiary/aromatic N) is 2. The van der Waals surface area contributed by atoms with Crippen molar-refractivity contribution in [1.82, 2.24) is 14.9 Å². The van der Waals surface area contributed by atoms with Crippen molar-refractivity contribution in [1.29, 1.82) is 0 Å². The normalized spacial score (nSPS) is 26.3. The van der Waals surface area contributed by atoms with Gasteiger partial charge in [0.2, 0.25) is 0 Å². The Labute approximate surface area is 130 Å². The number of rotatable bonds is 4. The highest BCUT2D eigenvalue weighted by molar-refractivity contribution is 5.94. The minimum absolute atomic E-state index is 0.0757. The van der Waals surface area contributed by atoms with Gasteiger partial charge in [-0.25, -0.2) is 4.98 Å². The SMILES string of the molecule is O=C(N[C@@H]1C[C@H]2CC[C@H]1C2)c1ccc(Cn2ccnc2)cc1. The minimum atomic E-state index is 0.0757. The first-order valence-electron chi connectivity index (χ1n) is 8.13. The van der Waals surface area contributed by atoms with Gasteiger partial charge in [-0.2, -0.15) is 0 Å². The number of benzene rings is 1. The first kappa shape index (κ1) is 13.6. The van der Waals surface area contributed by atoms with E-state index in [0.717, 1.165) is 23.9 Å². The molecule has 1 aromatic heterocycles. The van der Waals surface area contributed by atoms with Crippen molar-refractivity contribution in [2.45, 2.75) is 38.3 Å². The average Bonchev–Trinajstić information content (AvgIpc) is 3.25. The van der Waals surface area contributed by atoms with Gasteiger partial charge < -0.3 is 9.88 Å². The van der Waals surface area contributed by atoms with Gasteiger partial charge in [0, 0.05) is 30.5 Å². The monoisotopic (exact) mass is 295 g/mol. The van der Waals surface area contributed by atoms with E-state index in [1.807, 2.05) is 35.0 Å². The second-order valence-corrected chi connectivity index (χ2v) is 6.69. The zero-order valence-electron chi connectivity index (χ0n) is 12.6. The summed E-state index contributed by atoms with van der Waals surface area (Å²) in [6, 6.07) is 8.30. The molecule has 4 rings (SSSR count). The quantitative estimate of drug-likeness (QED) is 0.943. The van der Waals surface area contributed by atoms with Crippen LogP contribution in [0.2, 0.25) is 0 Å². The van der Waals surface area contributed by atoms with Crippen LogP contribution in [0, 0.1) is 11.8 Å². The molecule has 4 heteroatoms. The molecule has 2 aliphatic carbocycles. The van der Waals surface area contributed by atoms with E-state index in [9.17, 15) is 4.79 Å². The van der Waals surface area contributed by atoms with Gasteiger partial charge >= 0.3 is 0 Å². The fraction of sp³-hybridized carbons (Fsp3) is 0.444. The summed E-state index contributed by atoms with van der Waals surface area (Å²) in [6.07, 6.45) is 10.7. The largest absolute Gasteiger partial charge is 0.349 e. The number of fused-ring (bicyclic) bond motifs is 2. The van der Waals surface area contributed by atoms with Crippen molar-refractivity contribution in [3.8, 4) is 0 Å². The highest BCUT2D eigenvalue weighted by Crippen LogP contribution is 2.44. The molecule has 0 spiro atoms. The smallest absolute Gasteiger partial charge is 0.251 e. The summed E-state index contributed by atoms with van der Waals surface area (Å²) < 4.78 is 2.02. The standard InChI is InChI=1S/C18H21N3O/c22-18(20-17-10-14-3-6-16(17)9-14)15-4-1-13(2-5-15)11-21-8-7-19-12-21/h1-2,4-5,7-8,12,14,16-17H,3,6,9-11H2,(H,20,22)/t14-,16-,17+/m0/s1. The summed E-state index contributed by atoms with van der Waals surface area (Å²) in [4.78, 5) is 16.4. The third-order valence-corrected chi connectivity index (χ3v) is 5.20. The second kappa shape index (κ2) is 5.59. The number of hydrogen-bond acceptors (Lipinski definition) is 2. The van der Waals surface area contributed by atoms with Crippen molar-refractivity contribution in [3.63, 3.8) is 0 Å². The molecule has 2 aliphatic rings. The molecule has 2 saturated carbocycles. The van der Waals surface area contributed by atoms with Crippen LogP contribution in [0.5, 0.6) is 0 Å². The molecular weight excluding hydrogens is 274 g/mol. The third kappa shape index (κ3) is 2.65. The molecule has 0 aliphatic heterocycles. The van der Waals surface area contributed by atoms with E-state index in [-0.39, 0.29) is 5.91 Å². The average molecular weight is 295 g/mol. The lowest BCUT2D eigenvalue weighted by Crippen LogP contribution is -2.38. The van der Waals surface area contributed by atoms with Gasteiger partial charge in [0.1, 0.15) is 0 Å². The lowest BCUT2D eigenvalue weighted by atomic mass is 9.95. The maximum Gasteiger partial charge on any atom is 0.251 e. The number of imidazole rings is 1. The summed E-state index contributed by atoms with van der Waals surface area (Å²) in [5.74, 6) is 1.65. The van der Waals surface area contributed by atoms with Crippen LogP contribution < -0.4 is 5.32 Å². The Morgan fingerprint density at radius 2 is 2.09 bits per heavy atom. The Bertz CT molecular complexity index is 647. The Morgan fingerprint density at radius 1 is 1.23 bits per heavy atom. The predicted octanol–water partition coefficient (Wildman–Crippen LogP) is 2.85. The Kier molecular flexibility index (Phi) is 3.45. The van der Waals surface area contributed by atoms with E-state index in [1.165, 1.54) is 31.2 Å². The highest BCUT2D eigenvalue weighted by atomic mass is 16.1. The number of aromatic nitrogens is 2. The molecule has 0 radical (unpaired) electrons. The number of carbonyl (C=O) groups excluding carboxylic acids is 1. The maximum atomic E-state index is 12.4. The fourth-order valence-electron chi connectivity index (χ4n) is 4.03. The van der Waals surface area contributed by atoms with Gasteiger partial charge in [0.15, 0.2) is 0 Å². The van der Waals surface area contributed by atoms with Crippen LogP contribution in [0.1, 0.15) is 41.6 Å². The molecule has 4 nitrogen and oxygen atoms in total. The maximum absolute atomic E-state index is 12.4. The van der Waals surface area contributed by atoms with Gasteiger partial charge in [-0.3, -0.25) is 4.79 Å². The second-order valence-electron chi connectivity index (χ2n) is 6.69. The first-order valence-corrected chi connectivity index (χ1v) is 8.13. The molecule has 1 amide bonds. The number of carbonyl (C=O) groups is 1. The third-order valence-electron chi connectivity index (χ3n) is 5.20. The molecule has 1 heterocycles. The highest BCUT2D eigenvalue weighted by Gasteiger charge is 2.40. The van der Waals surface area contributed by atoms with Crippen LogP contribution in [0.25, 0.3) is 0 Å². The Morgan fingerprint density at radius 3 is 2.73 bits per heavy atom. The van der Waals surface area contributed by atoms with Crippen LogP contribution in [0.15, 0.2) is 43.0 Å². The Balaban J connectivity index is 1.38. The van der Waals surface area contributed by atoms with Crippen molar-refractivity contribution >= 4 is 5.91 Å². The van der Waals surface area contributed by atoms with Crippen molar-refractivity contribution in [2.75, 3.05) is 0 Å². The van der Waals surface area contributed by atoms with Crippen LogP contribution in [0.4, 0.5) is 0 Å². The number of hydrogen-bond donors (Lipinski definition) is 1. The molecule has 2 bridgehead atoms. The number of nitrogens with one attached hydrogen (secondary N) is 1. The molecule has 2 aromatic rings. The van der Waals surface area contributed by atoms with Crippen molar-refractivity contribution in [3.05, 3.63) is 54.1 Å². The van der Waals surface area contributed by atoms with Gasteiger partial charge in [-0.05, 0) is 48.8 Å². The van der Waals surface area contributed by atoms with Gasteiger partial charge in [0.25, 0.3) is 5.91 Å². The molecule has 0 unspecified atom stereocenters. The predicted molar refractivity (Wildman–Crippen MR) is 84.5 cm³/mol. The van der Waals surface area contributed by atoms with Crippen LogP contribution in [-0.2, 0) is 6.54 Å². The topological polar surface area (TPSA) is 46.9 Å². The van der Waals surface area contributed by atoms with Crippen LogP contribution in [0.3, 0.4) is 0 Å². The van der Waals surface area contributed by atoms with Gasteiger partial charge in [0.05, 0.1) is 6.33 Å². The van der Waals surface area contributed by atoms with Gasteiger partial charge in [-0.15, -0.1) is 0 Å².